The maximum atomic E-state index is 11.7. The van der Waals surface area contributed by atoms with Gasteiger partial charge in [0.15, 0.2) is 0 Å². The Morgan fingerprint density at radius 2 is 2.18 bits per heavy atom. The third-order valence-corrected chi connectivity index (χ3v) is 6.12. The fourth-order valence-electron chi connectivity index (χ4n) is 4.60. The van der Waals surface area contributed by atoms with Gasteiger partial charge in [0.2, 0.25) is 5.91 Å². The Bertz CT molecular complexity index is 738. The highest BCUT2D eigenvalue weighted by atomic mass is 16.3. The highest BCUT2D eigenvalue weighted by Crippen LogP contribution is 2.47. The van der Waals surface area contributed by atoms with Crippen LogP contribution in [0.5, 0.6) is 0 Å². The molecule has 1 aromatic rings. The standard InChI is InChI=1S/C24H34N2O2/c1-17-7-6-9-18(11-17)8-4-5-10-21-22-13-19(12-20(22)14-23(21)27)15-25-16-24(28)26(2)3/h5-7,9-12,20-23,25,27H,4,8,13-16H2,1-3H3/t20-,21+,22-,23+/m0/s1. The zero-order chi connectivity index (χ0) is 20.1. The number of hydrogen-bond donors (Lipinski definition) is 2. The summed E-state index contributed by atoms with van der Waals surface area (Å²) in [5, 5.41) is 13.8. The predicted molar refractivity (Wildman–Crippen MR) is 114 cm³/mol. The molecule has 1 amide bonds. The summed E-state index contributed by atoms with van der Waals surface area (Å²) < 4.78 is 0. The average Bonchev–Trinajstić information content (AvgIpc) is 3.15. The molecule has 2 N–H and O–H groups in total. The van der Waals surface area contributed by atoms with Crippen LogP contribution in [0.15, 0.2) is 48.1 Å². The zero-order valence-electron chi connectivity index (χ0n) is 17.4. The number of aliphatic hydroxyl groups excluding tert-OH is 1. The Balaban J connectivity index is 1.46. The van der Waals surface area contributed by atoms with Gasteiger partial charge in [-0.2, -0.15) is 0 Å². The highest BCUT2D eigenvalue weighted by molar-refractivity contribution is 5.77. The number of rotatable bonds is 8. The second kappa shape index (κ2) is 9.53. The van der Waals surface area contributed by atoms with Crippen LogP contribution >= 0.6 is 0 Å². The summed E-state index contributed by atoms with van der Waals surface area (Å²) in [6.07, 6.45) is 10.6. The number of aryl methyl sites for hydroxylation is 2. The minimum Gasteiger partial charge on any atom is -0.392 e. The van der Waals surface area contributed by atoms with Gasteiger partial charge in [0.1, 0.15) is 0 Å². The monoisotopic (exact) mass is 382 g/mol. The molecular weight excluding hydrogens is 348 g/mol. The molecule has 1 aromatic carbocycles. The number of nitrogens with zero attached hydrogens (tertiary/aromatic N) is 1. The van der Waals surface area contributed by atoms with Crippen LogP contribution in [0.2, 0.25) is 0 Å². The first-order valence-corrected chi connectivity index (χ1v) is 10.4. The molecule has 0 unspecified atom stereocenters. The van der Waals surface area contributed by atoms with Gasteiger partial charge >= 0.3 is 0 Å². The predicted octanol–water partition coefficient (Wildman–Crippen LogP) is 3.10. The van der Waals surface area contributed by atoms with Crippen LogP contribution < -0.4 is 5.32 Å². The first-order valence-electron chi connectivity index (χ1n) is 10.4. The molecule has 2 aliphatic rings. The molecule has 4 atom stereocenters. The number of carbonyl (C=O) groups is 1. The molecule has 28 heavy (non-hydrogen) atoms. The van der Waals surface area contributed by atoms with E-state index in [2.05, 4.69) is 54.7 Å². The molecule has 0 bridgehead atoms. The molecule has 4 heteroatoms. The minimum absolute atomic E-state index is 0.101. The van der Waals surface area contributed by atoms with E-state index in [1.165, 1.54) is 16.7 Å². The second-order valence-corrected chi connectivity index (χ2v) is 8.58. The van der Waals surface area contributed by atoms with Crippen LogP contribution in [0.1, 0.15) is 30.4 Å². The number of allylic oxidation sites excluding steroid dienone is 2. The fourth-order valence-corrected chi connectivity index (χ4v) is 4.60. The number of hydrogen-bond acceptors (Lipinski definition) is 3. The molecule has 0 aliphatic heterocycles. The van der Waals surface area contributed by atoms with Gasteiger partial charge in [-0.3, -0.25) is 4.79 Å². The number of aliphatic hydroxyl groups is 1. The largest absolute Gasteiger partial charge is 0.392 e. The van der Waals surface area contributed by atoms with Gasteiger partial charge in [-0.05, 0) is 50.0 Å². The normalized spacial score (nSPS) is 26.5. The maximum Gasteiger partial charge on any atom is 0.236 e. The lowest BCUT2D eigenvalue weighted by molar-refractivity contribution is -0.127. The number of carbonyl (C=O) groups excluding carboxylic acids is 1. The van der Waals surface area contributed by atoms with Gasteiger partial charge < -0.3 is 15.3 Å². The molecule has 4 nitrogen and oxygen atoms in total. The van der Waals surface area contributed by atoms with Crippen molar-refractivity contribution < 1.29 is 9.90 Å². The number of likely N-dealkylation sites (N-methyl/N-ethyl adjacent to an activating group) is 1. The van der Waals surface area contributed by atoms with E-state index >= 15 is 0 Å². The Kier molecular flexibility index (Phi) is 7.08. The van der Waals surface area contributed by atoms with Crippen molar-refractivity contribution in [3.8, 4) is 0 Å². The van der Waals surface area contributed by atoms with Crippen LogP contribution in [0.25, 0.3) is 0 Å². The van der Waals surface area contributed by atoms with E-state index in [-0.39, 0.29) is 17.9 Å². The minimum atomic E-state index is -0.230. The molecule has 0 heterocycles. The summed E-state index contributed by atoms with van der Waals surface area (Å²) in [4.78, 5) is 13.3. The summed E-state index contributed by atoms with van der Waals surface area (Å²) in [7, 11) is 3.56. The number of amides is 1. The van der Waals surface area contributed by atoms with Crippen molar-refractivity contribution in [3.63, 3.8) is 0 Å². The summed E-state index contributed by atoms with van der Waals surface area (Å²) >= 11 is 0. The van der Waals surface area contributed by atoms with Crippen LogP contribution in [0.4, 0.5) is 0 Å². The molecule has 2 aliphatic carbocycles. The lowest BCUT2D eigenvalue weighted by Gasteiger charge is -2.18. The third-order valence-electron chi connectivity index (χ3n) is 6.12. The van der Waals surface area contributed by atoms with Crippen LogP contribution in [0.3, 0.4) is 0 Å². The molecule has 3 rings (SSSR count). The summed E-state index contributed by atoms with van der Waals surface area (Å²) in [5.74, 6) is 1.33. The van der Waals surface area contributed by atoms with Crippen LogP contribution in [0, 0.1) is 24.7 Å². The molecule has 1 fully saturated rings. The van der Waals surface area contributed by atoms with Gasteiger partial charge in [0, 0.05) is 26.6 Å². The van der Waals surface area contributed by atoms with Crippen molar-refractivity contribution in [2.75, 3.05) is 27.2 Å². The first kappa shape index (κ1) is 20.8. The van der Waals surface area contributed by atoms with E-state index in [0.29, 0.717) is 18.4 Å². The molecule has 1 saturated carbocycles. The molecule has 152 valence electrons. The average molecular weight is 383 g/mol. The zero-order valence-corrected chi connectivity index (χ0v) is 17.4. The van der Waals surface area contributed by atoms with Gasteiger partial charge in [-0.25, -0.2) is 0 Å². The molecule has 0 spiro atoms. The quantitative estimate of drug-likeness (QED) is 0.680. The van der Waals surface area contributed by atoms with E-state index in [1.807, 2.05) is 0 Å². The summed E-state index contributed by atoms with van der Waals surface area (Å²) in [6, 6.07) is 8.67. The van der Waals surface area contributed by atoms with Gasteiger partial charge in [-0.1, -0.05) is 53.6 Å². The van der Waals surface area contributed by atoms with Gasteiger partial charge in [0.05, 0.1) is 12.6 Å². The topological polar surface area (TPSA) is 52.6 Å². The molecular formula is C24H34N2O2. The van der Waals surface area contributed by atoms with E-state index in [0.717, 1.165) is 32.2 Å². The van der Waals surface area contributed by atoms with E-state index in [1.54, 1.807) is 19.0 Å². The van der Waals surface area contributed by atoms with Crippen molar-refractivity contribution in [2.45, 2.75) is 38.7 Å². The smallest absolute Gasteiger partial charge is 0.236 e. The second-order valence-electron chi connectivity index (χ2n) is 8.58. The maximum absolute atomic E-state index is 11.7. The Labute approximate surface area is 169 Å². The highest BCUT2D eigenvalue weighted by Gasteiger charge is 2.43. The molecule has 0 radical (unpaired) electrons. The third kappa shape index (κ3) is 5.33. The van der Waals surface area contributed by atoms with Crippen LogP contribution in [-0.4, -0.2) is 49.2 Å². The number of nitrogens with one attached hydrogen (secondary N) is 1. The van der Waals surface area contributed by atoms with E-state index < -0.39 is 0 Å². The fraction of sp³-hybridized carbons (Fsp3) is 0.542. The Morgan fingerprint density at radius 3 is 2.93 bits per heavy atom. The number of fused-ring (bicyclic) bond motifs is 1. The lowest BCUT2D eigenvalue weighted by atomic mass is 9.89. The van der Waals surface area contributed by atoms with Crippen molar-refractivity contribution in [2.24, 2.45) is 17.8 Å². The van der Waals surface area contributed by atoms with Gasteiger partial charge in [-0.15, -0.1) is 0 Å². The van der Waals surface area contributed by atoms with Crippen molar-refractivity contribution in [1.29, 1.82) is 0 Å². The Morgan fingerprint density at radius 1 is 1.36 bits per heavy atom. The summed E-state index contributed by atoms with van der Waals surface area (Å²) in [5.41, 5.74) is 4.06. The van der Waals surface area contributed by atoms with Crippen molar-refractivity contribution in [3.05, 3.63) is 59.2 Å². The van der Waals surface area contributed by atoms with Crippen molar-refractivity contribution in [1.82, 2.24) is 10.2 Å². The lowest BCUT2D eigenvalue weighted by Crippen LogP contribution is -2.33. The van der Waals surface area contributed by atoms with Gasteiger partial charge in [0.25, 0.3) is 0 Å². The Hall–Kier alpha value is -1.91. The SMILES string of the molecule is Cc1cccc(CCC=C[C@@H]2[C@H]3CC(CNCC(=O)N(C)C)=C[C@H]3C[C@H]2O)c1. The van der Waals surface area contributed by atoms with E-state index in [9.17, 15) is 9.90 Å². The number of benzene rings is 1. The van der Waals surface area contributed by atoms with Crippen LogP contribution in [-0.2, 0) is 11.2 Å². The molecule has 0 saturated heterocycles. The van der Waals surface area contributed by atoms with Crippen molar-refractivity contribution >= 4 is 5.91 Å². The van der Waals surface area contributed by atoms with E-state index in [4.69, 9.17) is 0 Å². The first-order chi connectivity index (χ1) is 13.4. The summed E-state index contributed by atoms with van der Waals surface area (Å²) in [6.45, 7) is 3.28. The molecule has 0 aromatic heterocycles.